The molecule has 2 heterocycles. The van der Waals surface area contributed by atoms with E-state index >= 15 is 0 Å². The second kappa shape index (κ2) is 5.24. The summed E-state index contributed by atoms with van der Waals surface area (Å²) in [4.78, 5) is 4.94. The van der Waals surface area contributed by atoms with Crippen LogP contribution in [0.1, 0.15) is 22.9 Å². The summed E-state index contributed by atoms with van der Waals surface area (Å²) in [5.74, 6) is 0. The van der Waals surface area contributed by atoms with Crippen LogP contribution in [0.25, 0.3) is 10.9 Å². The molecule has 3 heteroatoms. The molecular formula is C18H18N2S. The van der Waals surface area contributed by atoms with Gasteiger partial charge in [0.15, 0.2) is 0 Å². The molecule has 0 saturated carbocycles. The Morgan fingerprint density at radius 2 is 1.86 bits per heavy atom. The second-order valence-corrected chi connectivity index (χ2v) is 6.35. The predicted molar refractivity (Wildman–Crippen MR) is 90.1 cm³/mol. The van der Waals surface area contributed by atoms with Crippen LogP contribution in [0.15, 0.2) is 53.4 Å². The Balaban J connectivity index is 1.82. The van der Waals surface area contributed by atoms with Crippen molar-refractivity contribution in [1.29, 1.82) is 0 Å². The van der Waals surface area contributed by atoms with E-state index in [2.05, 4.69) is 65.1 Å². The van der Waals surface area contributed by atoms with Crippen molar-refractivity contribution in [2.45, 2.75) is 17.4 Å². The van der Waals surface area contributed by atoms with Crippen LogP contribution in [0.5, 0.6) is 0 Å². The van der Waals surface area contributed by atoms with E-state index < -0.39 is 0 Å². The number of fused-ring (bicyclic) bond motifs is 3. The van der Waals surface area contributed by atoms with Crippen molar-refractivity contribution < 1.29 is 0 Å². The molecule has 0 fully saturated rings. The fourth-order valence-corrected chi connectivity index (χ4v) is 3.67. The van der Waals surface area contributed by atoms with Gasteiger partial charge in [0.05, 0.1) is 6.04 Å². The minimum atomic E-state index is 0.275. The molecule has 0 saturated heterocycles. The van der Waals surface area contributed by atoms with E-state index in [1.54, 1.807) is 11.8 Å². The maximum atomic E-state index is 3.65. The smallest absolute Gasteiger partial charge is 0.0732 e. The van der Waals surface area contributed by atoms with Gasteiger partial charge < -0.3 is 10.3 Å². The molecule has 1 aromatic heterocycles. The van der Waals surface area contributed by atoms with Gasteiger partial charge in [0.1, 0.15) is 0 Å². The highest BCUT2D eigenvalue weighted by molar-refractivity contribution is 7.98. The molecule has 2 nitrogen and oxygen atoms in total. The lowest BCUT2D eigenvalue weighted by Gasteiger charge is -2.25. The van der Waals surface area contributed by atoms with E-state index in [1.807, 2.05) is 0 Å². The number of aromatic amines is 1. The average Bonchev–Trinajstić information content (AvgIpc) is 2.94. The number of aromatic nitrogens is 1. The van der Waals surface area contributed by atoms with Gasteiger partial charge >= 0.3 is 0 Å². The first kappa shape index (κ1) is 13.0. The van der Waals surface area contributed by atoms with E-state index in [9.17, 15) is 0 Å². The fourth-order valence-electron chi connectivity index (χ4n) is 3.26. The van der Waals surface area contributed by atoms with E-state index in [-0.39, 0.29) is 6.04 Å². The van der Waals surface area contributed by atoms with Crippen LogP contribution in [0.3, 0.4) is 0 Å². The molecule has 0 bridgehead atoms. The Morgan fingerprint density at radius 3 is 2.67 bits per heavy atom. The SMILES string of the molecule is CSc1ccc([C@@H]2NCCc3c2[nH]c2ccccc32)cc1. The Bertz CT molecular complexity index is 774. The molecule has 2 aromatic carbocycles. The van der Waals surface area contributed by atoms with Gasteiger partial charge in [-0.1, -0.05) is 30.3 Å². The summed E-state index contributed by atoms with van der Waals surface area (Å²) in [5, 5.41) is 5.03. The third-order valence-electron chi connectivity index (χ3n) is 4.31. The third kappa shape index (κ3) is 2.17. The minimum Gasteiger partial charge on any atom is -0.357 e. The highest BCUT2D eigenvalue weighted by Gasteiger charge is 2.24. The number of para-hydroxylation sites is 1. The Kier molecular flexibility index (Phi) is 3.24. The number of benzene rings is 2. The van der Waals surface area contributed by atoms with Gasteiger partial charge in [0, 0.05) is 28.0 Å². The molecule has 0 aliphatic carbocycles. The van der Waals surface area contributed by atoms with Crippen molar-refractivity contribution in [2.75, 3.05) is 12.8 Å². The number of hydrogen-bond donors (Lipinski definition) is 2. The van der Waals surface area contributed by atoms with Gasteiger partial charge in [-0.25, -0.2) is 0 Å². The first-order valence-corrected chi connectivity index (χ1v) is 8.56. The third-order valence-corrected chi connectivity index (χ3v) is 5.05. The quantitative estimate of drug-likeness (QED) is 0.696. The monoisotopic (exact) mass is 294 g/mol. The van der Waals surface area contributed by atoms with Crippen LogP contribution in [-0.4, -0.2) is 17.8 Å². The second-order valence-electron chi connectivity index (χ2n) is 5.47. The number of H-pyrrole nitrogens is 1. The van der Waals surface area contributed by atoms with E-state index in [4.69, 9.17) is 0 Å². The van der Waals surface area contributed by atoms with Gasteiger partial charge in [-0.15, -0.1) is 11.8 Å². The molecule has 3 aromatic rings. The van der Waals surface area contributed by atoms with Crippen molar-refractivity contribution >= 4 is 22.7 Å². The molecular weight excluding hydrogens is 276 g/mol. The lowest BCUT2D eigenvalue weighted by molar-refractivity contribution is 0.560. The molecule has 0 spiro atoms. The summed E-state index contributed by atoms with van der Waals surface area (Å²) in [6, 6.07) is 17.8. The molecule has 106 valence electrons. The minimum absolute atomic E-state index is 0.275. The Labute approximate surface area is 129 Å². The lowest BCUT2D eigenvalue weighted by atomic mass is 9.94. The molecule has 0 amide bonds. The van der Waals surface area contributed by atoms with Gasteiger partial charge in [-0.3, -0.25) is 0 Å². The highest BCUT2D eigenvalue weighted by atomic mass is 32.2. The summed E-state index contributed by atoms with van der Waals surface area (Å²) in [6.45, 7) is 1.03. The zero-order valence-electron chi connectivity index (χ0n) is 12.0. The van der Waals surface area contributed by atoms with Crippen molar-refractivity contribution in [3.8, 4) is 0 Å². The number of rotatable bonds is 2. The molecule has 0 unspecified atom stereocenters. The molecule has 1 aliphatic heterocycles. The van der Waals surface area contributed by atoms with Crippen LogP contribution in [0, 0.1) is 0 Å². The summed E-state index contributed by atoms with van der Waals surface area (Å²) < 4.78 is 0. The average molecular weight is 294 g/mol. The zero-order valence-corrected chi connectivity index (χ0v) is 12.8. The molecule has 4 rings (SSSR count). The topological polar surface area (TPSA) is 27.8 Å². The van der Waals surface area contributed by atoms with Gasteiger partial charge in [-0.05, 0) is 42.0 Å². The number of hydrogen-bond acceptors (Lipinski definition) is 2. The van der Waals surface area contributed by atoms with E-state index in [1.165, 1.54) is 32.6 Å². The van der Waals surface area contributed by atoms with Gasteiger partial charge in [-0.2, -0.15) is 0 Å². The van der Waals surface area contributed by atoms with E-state index in [0.717, 1.165) is 13.0 Å². The highest BCUT2D eigenvalue weighted by Crippen LogP contribution is 2.33. The lowest BCUT2D eigenvalue weighted by Crippen LogP contribution is -2.30. The summed E-state index contributed by atoms with van der Waals surface area (Å²) in [7, 11) is 0. The first-order chi connectivity index (χ1) is 10.4. The standard InChI is InChI=1S/C18H18N2S/c1-21-13-8-6-12(7-9-13)17-18-15(10-11-19-17)14-4-2-3-5-16(14)20-18/h2-9,17,19-20H,10-11H2,1H3/t17-/m0/s1. The summed E-state index contributed by atoms with van der Waals surface area (Å²) >= 11 is 1.79. The van der Waals surface area contributed by atoms with Crippen LogP contribution < -0.4 is 5.32 Å². The van der Waals surface area contributed by atoms with Crippen molar-refractivity contribution in [3.63, 3.8) is 0 Å². The number of thioether (sulfide) groups is 1. The van der Waals surface area contributed by atoms with Crippen LogP contribution in [0.4, 0.5) is 0 Å². The van der Waals surface area contributed by atoms with Crippen molar-refractivity contribution in [1.82, 2.24) is 10.3 Å². The summed E-state index contributed by atoms with van der Waals surface area (Å²) in [6.07, 6.45) is 3.21. The molecule has 1 aliphatic rings. The molecule has 0 radical (unpaired) electrons. The predicted octanol–water partition coefficient (Wildman–Crippen LogP) is 4.12. The normalized spacial score (nSPS) is 17.9. The maximum Gasteiger partial charge on any atom is 0.0732 e. The van der Waals surface area contributed by atoms with Crippen LogP contribution in [0.2, 0.25) is 0 Å². The zero-order chi connectivity index (χ0) is 14.2. The van der Waals surface area contributed by atoms with E-state index in [0.29, 0.717) is 0 Å². The number of nitrogens with one attached hydrogen (secondary N) is 2. The summed E-state index contributed by atoms with van der Waals surface area (Å²) in [5.41, 5.74) is 5.39. The largest absolute Gasteiger partial charge is 0.357 e. The van der Waals surface area contributed by atoms with Crippen molar-refractivity contribution in [3.05, 3.63) is 65.4 Å². The first-order valence-electron chi connectivity index (χ1n) is 7.33. The van der Waals surface area contributed by atoms with Gasteiger partial charge in [0.25, 0.3) is 0 Å². The van der Waals surface area contributed by atoms with Crippen LogP contribution >= 0.6 is 11.8 Å². The molecule has 21 heavy (non-hydrogen) atoms. The maximum absolute atomic E-state index is 3.65. The Hall–Kier alpha value is -1.71. The molecule has 2 N–H and O–H groups in total. The molecule has 1 atom stereocenters. The van der Waals surface area contributed by atoms with Gasteiger partial charge in [0.2, 0.25) is 0 Å². The Morgan fingerprint density at radius 1 is 1.05 bits per heavy atom. The van der Waals surface area contributed by atoms with Crippen LogP contribution in [-0.2, 0) is 6.42 Å². The van der Waals surface area contributed by atoms with Crippen molar-refractivity contribution in [2.24, 2.45) is 0 Å². The fraction of sp³-hybridized carbons (Fsp3) is 0.222.